The maximum atomic E-state index is 13.0. The summed E-state index contributed by atoms with van der Waals surface area (Å²) < 4.78 is 6.30. The number of hydrogen-bond acceptors (Lipinski definition) is 9. The lowest BCUT2D eigenvalue weighted by atomic mass is 10.1. The summed E-state index contributed by atoms with van der Waals surface area (Å²) in [6.45, 7) is 1.40. The molecule has 0 unspecified atom stereocenters. The van der Waals surface area contributed by atoms with E-state index in [4.69, 9.17) is 4.74 Å². The first kappa shape index (κ1) is 27.5. The van der Waals surface area contributed by atoms with E-state index in [9.17, 15) is 34.6 Å². The van der Waals surface area contributed by atoms with E-state index in [1.54, 1.807) is 36.4 Å². The number of nitrogens with zero attached hydrogens (tertiary/aromatic N) is 3. The molecule has 3 amide bonds. The summed E-state index contributed by atoms with van der Waals surface area (Å²) in [6, 6.07) is 14.6. The predicted molar refractivity (Wildman–Crippen MR) is 146 cm³/mol. The lowest BCUT2D eigenvalue weighted by Crippen LogP contribution is -2.36. The largest absolute Gasteiger partial charge is 0.449 e. The third-order valence-corrected chi connectivity index (χ3v) is 6.74. The molecular formula is C25H17BrN4O8S. The van der Waals surface area contributed by atoms with Gasteiger partial charge in [-0.2, -0.15) is 0 Å². The lowest BCUT2D eigenvalue weighted by Gasteiger charge is -2.13. The number of non-ortho nitro benzene ring substituents is 1. The van der Waals surface area contributed by atoms with Gasteiger partial charge in [0.15, 0.2) is 0 Å². The first-order valence-electron chi connectivity index (χ1n) is 11.0. The molecule has 14 heteroatoms. The van der Waals surface area contributed by atoms with Crippen LogP contribution in [0, 0.1) is 27.2 Å². The molecule has 12 nitrogen and oxygen atoms in total. The van der Waals surface area contributed by atoms with Gasteiger partial charge in [0.25, 0.3) is 16.8 Å². The summed E-state index contributed by atoms with van der Waals surface area (Å²) >= 11 is 3.94. The van der Waals surface area contributed by atoms with E-state index in [2.05, 4.69) is 21.2 Å². The van der Waals surface area contributed by atoms with Crippen molar-refractivity contribution in [2.75, 3.05) is 11.9 Å². The van der Waals surface area contributed by atoms with Gasteiger partial charge in [-0.1, -0.05) is 33.6 Å². The molecule has 0 aromatic heterocycles. The zero-order valence-corrected chi connectivity index (χ0v) is 22.4. The normalized spacial score (nSPS) is 14.0. The van der Waals surface area contributed by atoms with Crippen LogP contribution in [0.4, 0.5) is 21.9 Å². The molecule has 39 heavy (non-hydrogen) atoms. The van der Waals surface area contributed by atoms with Crippen LogP contribution in [0.1, 0.15) is 11.1 Å². The molecule has 0 saturated carbocycles. The van der Waals surface area contributed by atoms with Gasteiger partial charge in [-0.25, -0.2) is 0 Å². The van der Waals surface area contributed by atoms with Crippen LogP contribution in [0.15, 0.2) is 70.0 Å². The van der Waals surface area contributed by atoms with Gasteiger partial charge in [0.05, 0.1) is 20.8 Å². The Hall–Kier alpha value is -4.56. The van der Waals surface area contributed by atoms with Gasteiger partial charge in [-0.3, -0.25) is 39.5 Å². The molecule has 0 radical (unpaired) electrons. The van der Waals surface area contributed by atoms with Crippen molar-refractivity contribution in [3.63, 3.8) is 0 Å². The Morgan fingerprint density at radius 3 is 2.38 bits per heavy atom. The highest BCUT2D eigenvalue weighted by atomic mass is 79.9. The highest BCUT2D eigenvalue weighted by Gasteiger charge is 2.36. The van der Waals surface area contributed by atoms with E-state index in [0.717, 1.165) is 28.7 Å². The Kier molecular flexibility index (Phi) is 8.07. The molecule has 4 rings (SSSR count). The average molecular weight is 613 g/mol. The van der Waals surface area contributed by atoms with Crippen molar-refractivity contribution < 1.29 is 29.0 Å². The number of aryl methyl sites for hydroxylation is 1. The minimum Gasteiger partial charge on any atom is -0.449 e. The van der Waals surface area contributed by atoms with Crippen molar-refractivity contribution >= 4 is 67.9 Å². The number of imide groups is 1. The van der Waals surface area contributed by atoms with Crippen LogP contribution in [-0.4, -0.2) is 38.3 Å². The fourth-order valence-corrected chi connectivity index (χ4v) is 4.66. The second-order valence-corrected chi connectivity index (χ2v) is 10.0. The van der Waals surface area contributed by atoms with E-state index >= 15 is 0 Å². The van der Waals surface area contributed by atoms with Crippen molar-refractivity contribution in [1.29, 1.82) is 0 Å². The quantitative estimate of drug-likeness (QED) is 0.181. The van der Waals surface area contributed by atoms with Crippen molar-refractivity contribution in [3.05, 3.63) is 101 Å². The number of halogens is 1. The topological polar surface area (TPSA) is 162 Å². The molecule has 1 fully saturated rings. The second-order valence-electron chi connectivity index (χ2n) is 8.13. The zero-order chi connectivity index (χ0) is 28.3. The maximum Gasteiger partial charge on any atom is 0.318 e. The van der Waals surface area contributed by atoms with Gasteiger partial charge < -0.3 is 10.1 Å². The van der Waals surface area contributed by atoms with E-state index in [1.165, 1.54) is 12.1 Å². The van der Waals surface area contributed by atoms with Crippen LogP contribution in [0.25, 0.3) is 6.08 Å². The Morgan fingerprint density at radius 2 is 1.72 bits per heavy atom. The van der Waals surface area contributed by atoms with Gasteiger partial charge in [-0.05, 0) is 61.2 Å². The molecule has 1 heterocycles. The molecule has 1 saturated heterocycles. The summed E-state index contributed by atoms with van der Waals surface area (Å²) in [5.41, 5.74) is 0.697. The molecule has 0 aliphatic carbocycles. The zero-order valence-electron chi connectivity index (χ0n) is 20.0. The number of carbonyl (C=O) groups excluding carboxylic acids is 3. The molecular weight excluding hydrogens is 596 g/mol. The number of amides is 3. The number of thioether (sulfide) groups is 1. The minimum atomic E-state index is -0.812. The van der Waals surface area contributed by atoms with E-state index < -0.39 is 44.8 Å². The number of ether oxygens (including phenoxy) is 1. The van der Waals surface area contributed by atoms with Crippen molar-refractivity contribution in [3.8, 4) is 11.5 Å². The van der Waals surface area contributed by atoms with E-state index in [1.807, 2.05) is 6.92 Å². The summed E-state index contributed by atoms with van der Waals surface area (Å²) in [6.07, 6.45) is 1.36. The van der Waals surface area contributed by atoms with Gasteiger partial charge in [0.1, 0.15) is 12.3 Å². The maximum absolute atomic E-state index is 13.0. The molecule has 1 N–H and O–H groups in total. The smallest absolute Gasteiger partial charge is 0.318 e. The number of anilines is 1. The Morgan fingerprint density at radius 1 is 1.03 bits per heavy atom. The average Bonchev–Trinajstić information content (AvgIpc) is 3.14. The van der Waals surface area contributed by atoms with Crippen LogP contribution in [0.2, 0.25) is 0 Å². The molecule has 0 spiro atoms. The SMILES string of the molecule is Cc1ccc(NC(=O)CN2C(=O)S/C(=C\c3cc(Br)ccc3Oc3ccc([N+](=O)[O-])cc3[N+](=O)[O-])C2=O)cc1. The summed E-state index contributed by atoms with van der Waals surface area (Å²) in [4.78, 5) is 59.7. The number of nitrogens with one attached hydrogen (secondary N) is 1. The Labute approximate surface area is 233 Å². The number of carbonyl (C=O) groups is 3. The third-order valence-electron chi connectivity index (χ3n) is 5.34. The minimum absolute atomic E-state index is 0.00397. The van der Waals surface area contributed by atoms with Crippen LogP contribution >= 0.6 is 27.7 Å². The Balaban J connectivity index is 1.57. The Bertz CT molecular complexity index is 1560. The number of nitro groups is 2. The van der Waals surface area contributed by atoms with Crippen LogP contribution < -0.4 is 10.1 Å². The molecule has 1 aliphatic rings. The summed E-state index contributed by atoms with van der Waals surface area (Å²) in [7, 11) is 0. The molecule has 198 valence electrons. The van der Waals surface area contributed by atoms with E-state index in [-0.39, 0.29) is 22.0 Å². The summed E-state index contributed by atoms with van der Waals surface area (Å²) in [5, 5.41) is 24.5. The molecule has 0 atom stereocenters. The first-order valence-corrected chi connectivity index (χ1v) is 12.6. The van der Waals surface area contributed by atoms with Gasteiger partial charge in [-0.15, -0.1) is 0 Å². The van der Waals surface area contributed by atoms with Crippen molar-refractivity contribution in [1.82, 2.24) is 4.90 Å². The predicted octanol–water partition coefficient (Wildman–Crippen LogP) is 6.04. The van der Waals surface area contributed by atoms with E-state index in [0.29, 0.717) is 21.9 Å². The highest BCUT2D eigenvalue weighted by molar-refractivity contribution is 9.10. The molecule has 3 aromatic carbocycles. The molecule has 0 bridgehead atoms. The molecule has 1 aliphatic heterocycles. The van der Waals surface area contributed by atoms with Crippen molar-refractivity contribution in [2.24, 2.45) is 0 Å². The van der Waals surface area contributed by atoms with Crippen LogP contribution in [-0.2, 0) is 9.59 Å². The van der Waals surface area contributed by atoms with Gasteiger partial charge in [0.2, 0.25) is 11.7 Å². The molecule has 3 aromatic rings. The highest BCUT2D eigenvalue weighted by Crippen LogP contribution is 2.39. The lowest BCUT2D eigenvalue weighted by molar-refractivity contribution is -0.394. The van der Waals surface area contributed by atoms with Crippen LogP contribution in [0.3, 0.4) is 0 Å². The number of nitro benzene ring substituents is 2. The second kappa shape index (κ2) is 11.4. The summed E-state index contributed by atoms with van der Waals surface area (Å²) in [5.74, 6) is -1.43. The number of rotatable bonds is 8. The first-order chi connectivity index (χ1) is 18.5. The number of benzene rings is 3. The van der Waals surface area contributed by atoms with Crippen LogP contribution in [0.5, 0.6) is 11.5 Å². The fourth-order valence-electron chi connectivity index (χ4n) is 3.45. The van der Waals surface area contributed by atoms with Gasteiger partial charge in [0, 0.05) is 21.8 Å². The monoisotopic (exact) mass is 612 g/mol. The van der Waals surface area contributed by atoms with Crippen molar-refractivity contribution in [2.45, 2.75) is 6.92 Å². The number of hydrogen-bond donors (Lipinski definition) is 1. The van der Waals surface area contributed by atoms with Gasteiger partial charge >= 0.3 is 5.69 Å². The fraction of sp³-hybridized carbons (Fsp3) is 0.0800. The third kappa shape index (κ3) is 6.48. The standard InChI is InChI=1S/C25H17BrN4O8S/c1-14-2-5-17(6-3-14)27-23(31)13-28-24(32)22(39-25(28)33)11-15-10-16(26)4-8-20(15)38-21-9-7-18(29(34)35)12-19(21)30(36)37/h2-12H,13H2,1H3,(H,27,31)/b22-11-.